The topological polar surface area (TPSA) is 93.9 Å². The summed E-state index contributed by atoms with van der Waals surface area (Å²) in [6, 6.07) is 4.30. The standard InChI is InChI=1S/C14H15N3O4/c1-7-12(8(2)18)13(16-14(19)17(7)15)9-3-4-10-11(5-9)21-6-20-10/h3-5,13H,6,15H2,1-2H3,(H,16,19)/t13-/m1/s1. The Bertz CT molecular complexity index is 668. The van der Waals surface area contributed by atoms with E-state index in [9.17, 15) is 9.59 Å². The van der Waals surface area contributed by atoms with Crippen molar-refractivity contribution in [2.24, 2.45) is 5.84 Å². The molecule has 0 spiro atoms. The normalized spacial score (nSPS) is 20.6. The number of amides is 2. The summed E-state index contributed by atoms with van der Waals surface area (Å²) >= 11 is 0. The molecule has 0 saturated heterocycles. The van der Waals surface area contributed by atoms with Crippen molar-refractivity contribution in [2.45, 2.75) is 19.9 Å². The number of fused-ring (bicyclic) bond motifs is 1. The third-order valence-electron chi connectivity index (χ3n) is 3.64. The number of benzene rings is 1. The average Bonchev–Trinajstić information content (AvgIpc) is 2.91. The lowest BCUT2D eigenvalue weighted by molar-refractivity contribution is -0.114. The van der Waals surface area contributed by atoms with Crippen LogP contribution in [0.25, 0.3) is 0 Å². The molecule has 0 aliphatic carbocycles. The minimum absolute atomic E-state index is 0.148. The summed E-state index contributed by atoms with van der Waals surface area (Å²) in [5.74, 6) is 6.74. The molecule has 0 aromatic heterocycles. The van der Waals surface area contributed by atoms with Gasteiger partial charge in [0, 0.05) is 11.3 Å². The smallest absolute Gasteiger partial charge is 0.336 e. The van der Waals surface area contributed by atoms with Crippen LogP contribution < -0.4 is 20.6 Å². The van der Waals surface area contributed by atoms with Crippen LogP contribution in [-0.2, 0) is 4.79 Å². The predicted molar refractivity (Wildman–Crippen MR) is 73.2 cm³/mol. The van der Waals surface area contributed by atoms with Gasteiger partial charge in [-0.05, 0) is 31.5 Å². The molecule has 2 amide bonds. The maximum atomic E-state index is 11.9. The third kappa shape index (κ3) is 2.11. The van der Waals surface area contributed by atoms with E-state index in [4.69, 9.17) is 15.3 Å². The first-order valence-electron chi connectivity index (χ1n) is 6.45. The number of hydrazine groups is 1. The van der Waals surface area contributed by atoms with E-state index in [0.717, 1.165) is 10.6 Å². The van der Waals surface area contributed by atoms with Crippen LogP contribution in [0.15, 0.2) is 29.5 Å². The van der Waals surface area contributed by atoms with Gasteiger partial charge in [-0.15, -0.1) is 0 Å². The van der Waals surface area contributed by atoms with Gasteiger partial charge in [0.25, 0.3) is 0 Å². The Morgan fingerprint density at radius 2 is 2.10 bits per heavy atom. The van der Waals surface area contributed by atoms with Gasteiger partial charge in [0.15, 0.2) is 17.3 Å². The minimum atomic E-state index is -0.552. The highest BCUT2D eigenvalue weighted by molar-refractivity contribution is 5.98. The van der Waals surface area contributed by atoms with Gasteiger partial charge in [0.2, 0.25) is 6.79 Å². The Kier molecular flexibility index (Phi) is 3.06. The van der Waals surface area contributed by atoms with Crippen LogP contribution in [-0.4, -0.2) is 23.6 Å². The van der Waals surface area contributed by atoms with Crippen molar-refractivity contribution in [3.05, 3.63) is 35.0 Å². The van der Waals surface area contributed by atoms with Crippen LogP contribution in [0.4, 0.5) is 4.79 Å². The molecule has 7 nitrogen and oxygen atoms in total. The number of allylic oxidation sites excluding steroid dienone is 1. The molecule has 1 aromatic rings. The van der Waals surface area contributed by atoms with Crippen molar-refractivity contribution in [2.75, 3.05) is 6.79 Å². The Morgan fingerprint density at radius 1 is 1.38 bits per heavy atom. The Balaban J connectivity index is 2.07. The van der Waals surface area contributed by atoms with Crippen molar-refractivity contribution in [1.29, 1.82) is 0 Å². The van der Waals surface area contributed by atoms with Crippen molar-refractivity contribution in [3.63, 3.8) is 0 Å². The van der Waals surface area contributed by atoms with Gasteiger partial charge in [-0.1, -0.05) is 6.07 Å². The number of carbonyl (C=O) groups excluding carboxylic acids is 2. The molecule has 2 aliphatic heterocycles. The highest BCUT2D eigenvalue weighted by Crippen LogP contribution is 2.37. The van der Waals surface area contributed by atoms with E-state index in [2.05, 4.69) is 5.32 Å². The largest absolute Gasteiger partial charge is 0.454 e. The molecule has 1 atom stereocenters. The quantitative estimate of drug-likeness (QED) is 0.630. The highest BCUT2D eigenvalue weighted by atomic mass is 16.7. The van der Waals surface area contributed by atoms with E-state index in [1.54, 1.807) is 25.1 Å². The fourth-order valence-corrected chi connectivity index (χ4v) is 2.56. The first-order chi connectivity index (χ1) is 9.99. The Morgan fingerprint density at radius 3 is 2.81 bits per heavy atom. The molecule has 0 fully saturated rings. The van der Waals surface area contributed by atoms with E-state index in [-0.39, 0.29) is 12.6 Å². The van der Waals surface area contributed by atoms with Crippen LogP contribution in [0.1, 0.15) is 25.5 Å². The first kappa shape index (κ1) is 13.4. The van der Waals surface area contributed by atoms with E-state index in [1.807, 2.05) is 0 Å². The molecule has 3 rings (SSSR count). The predicted octanol–water partition coefficient (Wildman–Crippen LogP) is 1.22. The van der Waals surface area contributed by atoms with Gasteiger partial charge in [0.1, 0.15) is 0 Å². The lowest BCUT2D eigenvalue weighted by Crippen LogP contribution is -2.50. The van der Waals surface area contributed by atoms with Crippen molar-refractivity contribution >= 4 is 11.8 Å². The van der Waals surface area contributed by atoms with Crippen LogP contribution in [0.3, 0.4) is 0 Å². The number of nitrogens with zero attached hydrogens (tertiary/aromatic N) is 1. The Hall–Kier alpha value is -2.54. The lowest BCUT2D eigenvalue weighted by Gasteiger charge is -2.32. The molecular formula is C14H15N3O4. The molecule has 3 N–H and O–H groups in total. The second kappa shape index (κ2) is 4.78. The number of hydrogen-bond donors (Lipinski definition) is 2. The molecular weight excluding hydrogens is 274 g/mol. The van der Waals surface area contributed by atoms with Crippen LogP contribution in [0.5, 0.6) is 11.5 Å². The summed E-state index contributed by atoms with van der Waals surface area (Å²) in [4.78, 5) is 23.8. The summed E-state index contributed by atoms with van der Waals surface area (Å²) in [6.45, 7) is 3.26. The van der Waals surface area contributed by atoms with E-state index in [0.29, 0.717) is 22.8 Å². The van der Waals surface area contributed by atoms with Gasteiger partial charge in [-0.2, -0.15) is 0 Å². The number of ether oxygens (including phenoxy) is 2. The average molecular weight is 289 g/mol. The number of urea groups is 1. The van der Waals surface area contributed by atoms with E-state index < -0.39 is 12.1 Å². The summed E-state index contributed by atoms with van der Waals surface area (Å²) < 4.78 is 10.6. The van der Waals surface area contributed by atoms with Crippen LogP contribution in [0.2, 0.25) is 0 Å². The molecule has 2 aliphatic rings. The lowest BCUT2D eigenvalue weighted by atomic mass is 9.92. The maximum absolute atomic E-state index is 11.9. The third-order valence-corrected chi connectivity index (χ3v) is 3.64. The molecule has 0 bridgehead atoms. The fourth-order valence-electron chi connectivity index (χ4n) is 2.56. The number of nitrogens with two attached hydrogens (primary N) is 1. The SMILES string of the molecule is CC(=O)C1=C(C)N(N)C(=O)N[C@@H]1c1ccc2c(c1)OCO2. The van der Waals surface area contributed by atoms with Crippen molar-refractivity contribution in [1.82, 2.24) is 10.3 Å². The van der Waals surface area contributed by atoms with Gasteiger partial charge in [-0.25, -0.2) is 15.6 Å². The summed E-state index contributed by atoms with van der Waals surface area (Å²) in [5.41, 5.74) is 1.63. The minimum Gasteiger partial charge on any atom is -0.454 e. The number of ketones is 1. The number of hydrogen-bond acceptors (Lipinski definition) is 5. The van der Waals surface area contributed by atoms with Crippen molar-refractivity contribution < 1.29 is 19.1 Å². The van der Waals surface area contributed by atoms with Crippen LogP contribution >= 0.6 is 0 Å². The van der Waals surface area contributed by atoms with E-state index in [1.165, 1.54) is 6.92 Å². The Labute approximate surface area is 121 Å². The van der Waals surface area contributed by atoms with Gasteiger partial charge in [0.05, 0.1) is 6.04 Å². The van der Waals surface area contributed by atoms with Crippen molar-refractivity contribution in [3.8, 4) is 11.5 Å². The summed E-state index contributed by atoms with van der Waals surface area (Å²) in [7, 11) is 0. The zero-order chi connectivity index (χ0) is 15.1. The number of carbonyl (C=O) groups is 2. The maximum Gasteiger partial charge on any atom is 0.336 e. The molecule has 7 heteroatoms. The molecule has 110 valence electrons. The first-order valence-corrected chi connectivity index (χ1v) is 6.45. The number of Topliss-reactive ketones (excluding diaryl/α,β-unsaturated/α-hetero) is 1. The molecule has 0 unspecified atom stereocenters. The molecule has 2 heterocycles. The molecule has 0 radical (unpaired) electrons. The van der Waals surface area contributed by atoms with E-state index >= 15 is 0 Å². The number of nitrogens with one attached hydrogen (secondary N) is 1. The van der Waals surface area contributed by atoms with Gasteiger partial charge >= 0.3 is 6.03 Å². The van der Waals surface area contributed by atoms with Gasteiger partial charge in [-0.3, -0.25) is 4.79 Å². The zero-order valence-electron chi connectivity index (χ0n) is 11.7. The molecule has 0 saturated carbocycles. The highest BCUT2D eigenvalue weighted by Gasteiger charge is 2.33. The monoisotopic (exact) mass is 289 g/mol. The van der Waals surface area contributed by atoms with Crippen LogP contribution in [0, 0.1) is 0 Å². The zero-order valence-corrected chi connectivity index (χ0v) is 11.7. The number of rotatable bonds is 2. The van der Waals surface area contributed by atoms with Gasteiger partial charge < -0.3 is 14.8 Å². The second-order valence-electron chi connectivity index (χ2n) is 4.92. The summed E-state index contributed by atoms with van der Waals surface area (Å²) in [5, 5.41) is 3.67. The second-order valence-corrected chi connectivity index (χ2v) is 4.92. The molecule has 1 aromatic carbocycles. The molecule has 21 heavy (non-hydrogen) atoms. The summed E-state index contributed by atoms with van der Waals surface area (Å²) in [6.07, 6.45) is 0. The fraction of sp³-hybridized carbons (Fsp3) is 0.286.